The summed E-state index contributed by atoms with van der Waals surface area (Å²) >= 11 is 0. The van der Waals surface area contributed by atoms with Gasteiger partial charge in [0, 0.05) is 12.8 Å². The van der Waals surface area contributed by atoms with Gasteiger partial charge in [0.1, 0.15) is 5.75 Å². The topological polar surface area (TPSA) is 35.5 Å². The van der Waals surface area contributed by atoms with Gasteiger partial charge < -0.3 is 9.47 Å². The zero-order valence-electron chi connectivity index (χ0n) is 12.3. The Kier molecular flexibility index (Phi) is 4.15. The first kappa shape index (κ1) is 14.0. The van der Waals surface area contributed by atoms with Crippen molar-refractivity contribution in [3.8, 4) is 17.6 Å². The summed E-state index contributed by atoms with van der Waals surface area (Å²) in [6.07, 6.45) is 4.29. The maximum Gasteiger partial charge on any atom is 0.338 e. The Balaban J connectivity index is 1.50. The first-order valence-corrected chi connectivity index (χ1v) is 7.56. The zero-order valence-corrected chi connectivity index (χ0v) is 12.3. The van der Waals surface area contributed by atoms with Crippen molar-refractivity contribution in [2.24, 2.45) is 17.8 Å². The van der Waals surface area contributed by atoms with Gasteiger partial charge in [-0.2, -0.15) is 0 Å². The van der Waals surface area contributed by atoms with Crippen LogP contribution in [0.1, 0.15) is 36.0 Å². The summed E-state index contributed by atoms with van der Waals surface area (Å²) in [7, 11) is 1.61. The van der Waals surface area contributed by atoms with Crippen LogP contribution in [0, 0.1) is 29.6 Å². The maximum absolute atomic E-state index is 12.0. The van der Waals surface area contributed by atoms with Crippen LogP contribution >= 0.6 is 0 Å². The highest BCUT2D eigenvalue weighted by molar-refractivity contribution is 5.89. The van der Waals surface area contributed by atoms with E-state index >= 15 is 0 Å². The maximum atomic E-state index is 12.0. The van der Waals surface area contributed by atoms with E-state index < -0.39 is 0 Å². The highest BCUT2D eigenvalue weighted by Gasteiger charge is 2.49. The summed E-state index contributed by atoms with van der Waals surface area (Å²) in [6, 6.07) is 7.04. The van der Waals surface area contributed by atoms with E-state index in [0.29, 0.717) is 29.9 Å². The van der Waals surface area contributed by atoms with E-state index in [2.05, 4.69) is 11.8 Å². The van der Waals surface area contributed by atoms with Gasteiger partial charge in [0.15, 0.2) is 0 Å². The lowest BCUT2D eigenvalue weighted by atomic mass is 10.1. The van der Waals surface area contributed by atoms with Gasteiger partial charge in [0.05, 0.1) is 19.3 Å². The predicted octanol–water partition coefficient (Wildman–Crippen LogP) is 3.29. The molecule has 0 aliphatic heterocycles. The van der Waals surface area contributed by atoms with Crippen LogP contribution in [0.25, 0.3) is 0 Å². The van der Waals surface area contributed by atoms with Crippen LogP contribution in [0.15, 0.2) is 24.3 Å². The Morgan fingerprint density at radius 1 is 1.14 bits per heavy atom. The van der Waals surface area contributed by atoms with E-state index in [1.54, 1.807) is 31.4 Å². The van der Waals surface area contributed by atoms with Crippen LogP contribution in [0.5, 0.6) is 5.75 Å². The van der Waals surface area contributed by atoms with Crippen molar-refractivity contribution < 1.29 is 14.3 Å². The number of esters is 1. The minimum Gasteiger partial charge on any atom is -0.497 e. The lowest BCUT2D eigenvalue weighted by molar-refractivity contribution is 0.0475. The second kappa shape index (κ2) is 6.22. The lowest BCUT2D eigenvalue weighted by Crippen LogP contribution is -2.08. The third-order valence-corrected chi connectivity index (χ3v) is 4.57. The molecule has 0 bridgehead atoms. The first-order chi connectivity index (χ1) is 10.3. The number of carbonyl (C=O) groups is 1. The second-order valence-electron chi connectivity index (χ2n) is 5.75. The molecule has 0 saturated heterocycles. The van der Waals surface area contributed by atoms with E-state index in [-0.39, 0.29) is 5.97 Å². The number of rotatable bonds is 4. The Labute approximate surface area is 125 Å². The van der Waals surface area contributed by atoms with Crippen molar-refractivity contribution in [1.29, 1.82) is 0 Å². The average molecular weight is 284 g/mol. The van der Waals surface area contributed by atoms with Crippen molar-refractivity contribution in [2.75, 3.05) is 13.7 Å². The molecule has 3 rings (SSSR count). The standard InChI is InChI=1S/C18H20O3/c1-20-14-10-8-13(9-11-14)18(19)21-12-17-15-6-4-2-3-5-7-16(15)17/h8-11,15-17H,4-7,12H2,1H3/t15-,16+,17?. The molecule has 1 fully saturated rings. The van der Waals surface area contributed by atoms with Gasteiger partial charge in [-0.05, 0) is 54.9 Å². The fourth-order valence-corrected chi connectivity index (χ4v) is 3.26. The monoisotopic (exact) mass is 284 g/mol. The van der Waals surface area contributed by atoms with Gasteiger partial charge in [0.25, 0.3) is 0 Å². The minimum atomic E-state index is -0.242. The van der Waals surface area contributed by atoms with Crippen LogP contribution in [0.2, 0.25) is 0 Å². The second-order valence-corrected chi connectivity index (χ2v) is 5.75. The van der Waals surface area contributed by atoms with Crippen LogP contribution in [-0.2, 0) is 4.74 Å². The predicted molar refractivity (Wildman–Crippen MR) is 80.0 cm³/mol. The molecule has 1 saturated carbocycles. The summed E-state index contributed by atoms with van der Waals surface area (Å²) in [5.74, 6) is 8.85. The highest BCUT2D eigenvalue weighted by atomic mass is 16.5. The molecule has 1 unspecified atom stereocenters. The molecule has 21 heavy (non-hydrogen) atoms. The molecule has 0 radical (unpaired) electrons. The van der Waals surface area contributed by atoms with E-state index in [0.717, 1.165) is 31.4 Å². The fourth-order valence-electron chi connectivity index (χ4n) is 3.26. The molecule has 1 aromatic rings. The zero-order chi connectivity index (χ0) is 14.7. The number of hydrogen-bond acceptors (Lipinski definition) is 3. The smallest absolute Gasteiger partial charge is 0.338 e. The molecule has 0 aromatic heterocycles. The fraction of sp³-hybridized carbons (Fsp3) is 0.500. The molecule has 0 amide bonds. The third-order valence-electron chi connectivity index (χ3n) is 4.57. The molecular formula is C18H20O3. The molecule has 0 heterocycles. The number of hydrogen-bond donors (Lipinski definition) is 0. The van der Waals surface area contributed by atoms with Crippen LogP contribution in [0.4, 0.5) is 0 Å². The number of benzene rings is 1. The van der Waals surface area contributed by atoms with Crippen molar-refractivity contribution >= 4 is 5.97 Å². The molecule has 3 nitrogen and oxygen atoms in total. The van der Waals surface area contributed by atoms with Crippen molar-refractivity contribution in [1.82, 2.24) is 0 Å². The Morgan fingerprint density at radius 3 is 2.33 bits per heavy atom. The Bertz CT molecular complexity index is 546. The number of methoxy groups -OCH3 is 1. The van der Waals surface area contributed by atoms with Crippen molar-refractivity contribution in [3.05, 3.63) is 29.8 Å². The van der Waals surface area contributed by atoms with E-state index in [1.807, 2.05) is 0 Å². The van der Waals surface area contributed by atoms with Gasteiger partial charge >= 0.3 is 5.97 Å². The van der Waals surface area contributed by atoms with E-state index in [9.17, 15) is 4.79 Å². The Morgan fingerprint density at radius 2 is 1.76 bits per heavy atom. The van der Waals surface area contributed by atoms with Crippen LogP contribution < -0.4 is 4.74 Å². The van der Waals surface area contributed by atoms with E-state index in [4.69, 9.17) is 9.47 Å². The molecule has 110 valence electrons. The number of ether oxygens (including phenoxy) is 2. The summed E-state index contributed by atoms with van der Waals surface area (Å²) in [6.45, 7) is 0.542. The third kappa shape index (κ3) is 3.21. The van der Waals surface area contributed by atoms with Gasteiger partial charge in [-0.15, -0.1) is 11.8 Å². The van der Waals surface area contributed by atoms with Gasteiger partial charge in [0.2, 0.25) is 0 Å². The molecule has 3 atom stereocenters. The van der Waals surface area contributed by atoms with Crippen LogP contribution in [0.3, 0.4) is 0 Å². The summed E-state index contributed by atoms with van der Waals surface area (Å²) in [5, 5.41) is 0. The minimum absolute atomic E-state index is 0.242. The van der Waals surface area contributed by atoms with E-state index in [1.165, 1.54) is 0 Å². The Hall–Kier alpha value is -1.95. The largest absolute Gasteiger partial charge is 0.497 e. The first-order valence-electron chi connectivity index (χ1n) is 7.56. The average Bonchev–Trinajstić information content (AvgIpc) is 3.14. The SMILES string of the molecule is COc1ccc(C(=O)OCC2[C@H]3CCC#CCC[C@@H]23)cc1. The van der Waals surface area contributed by atoms with Crippen molar-refractivity contribution in [3.63, 3.8) is 0 Å². The van der Waals surface area contributed by atoms with Gasteiger partial charge in [-0.3, -0.25) is 0 Å². The molecule has 2 aliphatic carbocycles. The normalized spacial score (nSPS) is 26.4. The molecular weight excluding hydrogens is 264 g/mol. The quantitative estimate of drug-likeness (QED) is 0.628. The summed E-state index contributed by atoms with van der Waals surface area (Å²) in [4.78, 5) is 12.0. The summed E-state index contributed by atoms with van der Waals surface area (Å²) in [5.41, 5.74) is 0.581. The van der Waals surface area contributed by atoms with Crippen LogP contribution in [-0.4, -0.2) is 19.7 Å². The summed E-state index contributed by atoms with van der Waals surface area (Å²) < 4.78 is 10.6. The van der Waals surface area contributed by atoms with Crippen molar-refractivity contribution in [2.45, 2.75) is 25.7 Å². The molecule has 1 aromatic carbocycles. The highest BCUT2D eigenvalue weighted by Crippen LogP contribution is 2.52. The van der Waals surface area contributed by atoms with Gasteiger partial charge in [-0.25, -0.2) is 4.79 Å². The van der Waals surface area contributed by atoms with Gasteiger partial charge in [-0.1, -0.05) is 0 Å². The lowest BCUT2D eigenvalue weighted by Gasteiger charge is -2.05. The molecule has 0 spiro atoms. The molecule has 2 aliphatic rings. The molecule has 3 heteroatoms. The molecule has 0 N–H and O–H groups in total. The number of carbonyl (C=O) groups excluding carboxylic acids is 1. The number of fused-ring (bicyclic) bond motifs is 1.